The molecule has 8 heteroatoms. The van der Waals surface area contributed by atoms with E-state index in [0.29, 0.717) is 25.1 Å². The molecule has 0 bridgehead atoms. The Morgan fingerprint density at radius 2 is 1.83 bits per heavy atom. The summed E-state index contributed by atoms with van der Waals surface area (Å²) in [6.07, 6.45) is 3.07. The molecule has 0 aliphatic carbocycles. The number of cyclic esters (lactones) is 1. The molecule has 2 unspecified atom stereocenters. The van der Waals surface area contributed by atoms with Gasteiger partial charge in [0.2, 0.25) is 0 Å². The third kappa shape index (κ3) is 8.64. The lowest BCUT2D eigenvalue weighted by atomic mass is 10.0. The number of rotatable bonds is 6. The molecule has 1 fully saturated rings. The van der Waals surface area contributed by atoms with Gasteiger partial charge in [0.25, 0.3) is 5.56 Å². The van der Waals surface area contributed by atoms with Crippen molar-refractivity contribution < 1.29 is 19.0 Å². The van der Waals surface area contributed by atoms with Crippen LogP contribution in [0.15, 0.2) is 71.8 Å². The van der Waals surface area contributed by atoms with Crippen molar-refractivity contribution >= 4 is 6.09 Å². The molecule has 35 heavy (non-hydrogen) atoms. The summed E-state index contributed by atoms with van der Waals surface area (Å²) >= 11 is 0. The third-order valence-corrected chi connectivity index (χ3v) is 5.45. The van der Waals surface area contributed by atoms with Gasteiger partial charge in [-0.2, -0.15) is 0 Å². The van der Waals surface area contributed by atoms with E-state index >= 15 is 0 Å². The predicted molar refractivity (Wildman–Crippen MR) is 134 cm³/mol. The fraction of sp³-hybridized carbons (Fsp3) is 0.370. The summed E-state index contributed by atoms with van der Waals surface area (Å²) in [5.74, 6) is -0.178. The number of aliphatic hydroxyl groups excluding tert-OH is 1. The van der Waals surface area contributed by atoms with E-state index in [-0.39, 0.29) is 36.2 Å². The maximum absolute atomic E-state index is 12.3. The number of nitrogens with one attached hydrogen (secondary N) is 1. The molecule has 0 spiro atoms. The number of amides is 1. The van der Waals surface area contributed by atoms with Crippen LogP contribution in [0.4, 0.5) is 9.18 Å². The van der Waals surface area contributed by atoms with Crippen LogP contribution in [0.3, 0.4) is 0 Å². The monoisotopic (exact) mass is 483 g/mol. The Labute approximate surface area is 205 Å². The van der Waals surface area contributed by atoms with Crippen molar-refractivity contribution in [3.8, 4) is 11.3 Å². The van der Waals surface area contributed by atoms with Gasteiger partial charge in [0.15, 0.2) is 0 Å². The summed E-state index contributed by atoms with van der Waals surface area (Å²) in [5, 5.41) is 8.90. The molecule has 1 amide bonds. The molecule has 2 atom stereocenters. The zero-order chi connectivity index (χ0) is 25.6. The first-order chi connectivity index (χ1) is 17.0. The second-order valence-corrected chi connectivity index (χ2v) is 7.74. The number of hydrogen-bond donors (Lipinski definition) is 2. The summed E-state index contributed by atoms with van der Waals surface area (Å²) in [6.45, 7) is 6.71. The molecular formula is C27H34FN3O4. The molecule has 7 nitrogen and oxygen atoms in total. The summed E-state index contributed by atoms with van der Waals surface area (Å²) in [5.41, 5.74) is 2.25. The van der Waals surface area contributed by atoms with Crippen LogP contribution >= 0.6 is 0 Å². The van der Waals surface area contributed by atoms with Gasteiger partial charge in [0.05, 0.1) is 18.1 Å². The van der Waals surface area contributed by atoms with Gasteiger partial charge in [-0.3, -0.25) is 4.79 Å². The van der Waals surface area contributed by atoms with E-state index in [1.54, 1.807) is 23.1 Å². The van der Waals surface area contributed by atoms with E-state index in [1.165, 1.54) is 24.5 Å². The smallest absolute Gasteiger partial charge is 0.410 e. The van der Waals surface area contributed by atoms with Gasteiger partial charge in [-0.05, 0) is 37.5 Å². The molecule has 1 aromatic heterocycles. The lowest BCUT2D eigenvalue weighted by molar-refractivity contribution is 0.00760. The molecule has 2 heterocycles. The second kappa shape index (κ2) is 14.7. The van der Waals surface area contributed by atoms with E-state index in [2.05, 4.69) is 9.97 Å². The van der Waals surface area contributed by atoms with Crippen LogP contribution in [0.5, 0.6) is 0 Å². The largest absolute Gasteiger partial charge is 0.446 e. The average Bonchev–Trinajstić information content (AvgIpc) is 2.89. The highest BCUT2D eigenvalue weighted by Gasteiger charge is 2.30. The second-order valence-electron chi connectivity index (χ2n) is 7.74. The first kappa shape index (κ1) is 27.7. The van der Waals surface area contributed by atoms with E-state index in [4.69, 9.17) is 9.84 Å². The van der Waals surface area contributed by atoms with Gasteiger partial charge in [-0.15, -0.1) is 0 Å². The number of H-pyrrole nitrogens is 1. The SMILES string of the molecule is CC.CC(c1ccc(-c2cc(=O)[nH]cn2)cc1)N1CCC(CCCO)OC1=O.Fc1ccccc1. The van der Waals surface area contributed by atoms with Gasteiger partial charge in [0, 0.05) is 31.2 Å². The van der Waals surface area contributed by atoms with E-state index in [0.717, 1.165) is 17.5 Å². The Bertz CT molecular complexity index is 1070. The zero-order valence-corrected chi connectivity index (χ0v) is 20.5. The first-order valence-electron chi connectivity index (χ1n) is 11.9. The van der Waals surface area contributed by atoms with Crippen LogP contribution in [0.25, 0.3) is 11.3 Å². The summed E-state index contributed by atoms with van der Waals surface area (Å²) < 4.78 is 17.4. The van der Waals surface area contributed by atoms with Crippen molar-refractivity contribution in [3.05, 3.63) is 88.7 Å². The van der Waals surface area contributed by atoms with Crippen LogP contribution in [0.1, 0.15) is 51.6 Å². The van der Waals surface area contributed by atoms with Gasteiger partial charge in [-0.1, -0.05) is 56.3 Å². The first-order valence-corrected chi connectivity index (χ1v) is 11.9. The van der Waals surface area contributed by atoms with Crippen LogP contribution in [0.2, 0.25) is 0 Å². The summed E-state index contributed by atoms with van der Waals surface area (Å²) in [4.78, 5) is 32.1. The standard InChI is InChI=1S/C19H23N3O4.C6H5F.C2H6/c1-13(22-9-8-16(3-2-10-23)26-19(22)25)14-4-6-15(7-5-14)17-11-18(24)21-12-20-17;7-6-4-2-1-3-5-6;1-2/h4-7,11-13,16,23H,2-3,8-10H2,1H3,(H,20,21,24);1-5H;1-2H3. The van der Waals surface area contributed by atoms with Crippen molar-refractivity contribution in [2.24, 2.45) is 0 Å². The van der Waals surface area contributed by atoms with Gasteiger partial charge >= 0.3 is 6.09 Å². The molecule has 3 aromatic rings. The molecule has 188 valence electrons. The number of ether oxygens (including phenoxy) is 1. The minimum absolute atomic E-state index is 0.109. The molecule has 0 radical (unpaired) electrons. The Morgan fingerprint density at radius 3 is 2.37 bits per heavy atom. The molecule has 0 saturated carbocycles. The Hall–Kier alpha value is -3.52. The molecular weight excluding hydrogens is 449 g/mol. The number of halogens is 1. The number of aliphatic hydroxyl groups is 1. The fourth-order valence-corrected chi connectivity index (χ4v) is 3.57. The number of aromatic amines is 1. The molecule has 1 aliphatic heterocycles. The highest BCUT2D eigenvalue weighted by atomic mass is 19.1. The predicted octanol–water partition coefficient (Wildman–Crippen LogP) is 5.33. The van der Waals surface area contributed by atoms with Crippen molar-refractivity contribution in [2.75, 3.05) is 13.2 Å². The molecule has 4 rings (SSSR count). The number of carbonyl (C=O) groups excluding carboxylic acids is 1. The summed E-state index contributed by atoms with van der Waals surface area (Å²) in [7, 11) is 0. The van der Waals surface area contributed by atoms with E-state index in [9.17, 15) is 14.0 Å². The Kier molecular flexibility index (Phi) is 11.6. The minimum Gasteiger partial charge on any atom is -0.446 e. The molecule has 2 N–H and O–H groups in total. The van der Waals surface area contributed by atoms with Crippen molar-refractivity contribution in [3.63, 3.8) is 0 Å². The van der Waals surface area contributed by atoms with Crippen molar-refractivity contribution in [2.45, 2.75) is 52.2 Å². The van der Waals surface area contributed by atoms with Crippen molar-refractivity contribution in [1.29, 1.82) is 0 Å². The maximum atomic E-state index is 12.3. The van der Waals surface area contributed by atoms with Crippen molar-refractivity contribution in [1.82, 2.24) is 14.9 Å². The molecule has 1 saturated heterocycles. The lowest BCUT2D eigenvalue weighted by Crippen LogP contribution is -2.43. The zero-order valence-electron chi connectivity index (χ0n) is 20.5. The molecule has 1 aliphatic rings. The average molecular weight is 484 g/mol. The minimum atomic E-state index is -0.313. The quantitative estimate of drug-likeness (QED) is 0.494. The van der Waals surface area contributed by atoms with Gasteiger partial charge < -0.3 is 19.7 Å². The Morgan fingerprint density at radius 1 is 1.14 bits per heavy atom. The number of benzene rings is 2. The van der Waals surface area contributed by atoms with E-state index in [1.807, 2.05) is 45.0 Å². The van der Waals surface area contributed by atoms with E-state index < -0.39 is 0 Å². The van der Waals surface area contributed by atoms with Crippen LogP contribution in [0, 0.1) is 5.82 Å². The number of nitrogens with zero attached hydrogens (tertiary/aromatic N) is 2. The maximum Gasteiger partial charge on any atom is 0.410 e. The highest BCUT2D eigenvalue weighted by Crippen LogP contribution is 2.27. The van der Waals surface area contributed by atoms with Crippen LogP contribution in [-0.2, 0) is 4.74 Å². The van der Waals surface area contributed by atoms with Crippen LogP contribution < -0.4 is 5.56 Å². The number of hydrogen-bond acceptors (Lipinski definition) is 5. The number of carbonyl (C=O) groups is 1. The third-order valence-electron chi connectivity index (χ3n) is 5.45. The van der Waals surface area contributed by atoms with Crippen LogP contribution in [-0.4, -0.2) is 45.3 Å². The highest BCUT2D eigenvalue weighted by molar-refractivity contribution is 5.69. The lowest BCUT2D eigenvalue weighted by Gasteiger charge is -2.35. The van der Waals surface area contributed by atoms with Gasteiger partial charge in [0.1, 0.15) is 11.9 Å². The normalized spacial score (nSPS) is 15.6. The number of aromatic nitrogens is 2. The van der Waals surface area contributed by atoms with Gasteiger partial charge in [-0.25, -0.2) is 14.2 Å². The summed E-state index contributed by atoms with van der Waals surface area (Å²) in [6, 6.07) is 16.9. The fourth-order valence-electron chi connectivity index (χ4n) is 3.57. The topological polar surface area (TPSA) is 95.5 Å². The Balaban J connectivity index is 0.000000407. The molecule has 2 aromatic carbocycles.